The number of nitrogens with two attached hydrogens (primary N) is 1. The molecule has 0 aliphatic carbocycles. The van der Waals surface area contributed by atoms with Gasteiger partial charge in [0.05, 0.1) is 4.90 Å². The van der Waals surface area contributed by atoms with Gasteiger partial charge in [0.25, 0.3) is 0 Å². The number of hydrogen-bond acceptors (Lipinski definition) is 4. The molecule has 0 radical (unpaired) electrons. The number of benzene rings is 1. The van der Waals surface area contributed by atoms with Crippen molar-refractivity contribution in [2.75, 3.05) is 12.8 Å². The van der Waals surface area contributed by atoms with Crippen LogP contribution >= 0.6 is 15.9 Å². The van der Waals surface area contributed by atoms with Gasteiger partial charge in [-0.1, -0.05) is 12.1 Å². The third-order valence-corrected chi connectivity index (χ3v) is 4.49. The van der Waals surface area contributed by atoms with E-state index in [2.05, 4.69) is 25.6 Å². The summed E-state index contributed by atoms with van der Waals surface area (Å²) in [5.41, 5.74) is 7.37. The van der Waals surface area contributed by atoms with Crippen molar-refractivity contribution < 1.29 is 8.42 Å². The Morgan fingerprint density at radius 1 is 1.26 bits per heavy atom. The number of rotatable bonds is 3. The second-order valence-corrected chi connectivity index (χ2v) is 6.62. The molecular weight excluding hydrogens is 330 g/mol. The van der Waals surface area contributed by atoms with Crippen LogP contribution in [0.25, 0.3) is 11.1 Å². The Kier molecular flexibility index (Phi) is 3.88. The van der Waals surface area contributed by atoms with Crippen LogP contribution in [0.4, 0.5) is 5.82 Å². The second kappa shape index (κ2) is 5.28. The van der Waals surface area contributed by atoms with Crippen LogP contribution in [0.1, 0.15) is 0 Å². The summed E-state index contributed by atoms with van der Waals surface area (Å²) in [6.45, 7) is 0. The first-order valence-corrected chi connectivity index (χ1v) is 7.66. The van der Waals surface area contributed by atoms with Crippen LogP contribution in [0.2, 0.25) is 0 Å². The van der Waals surface area contributed by atoms with Gasteiger partial charge in [0.15, 0.2) is 0 Å². The molecule has 1 aromatic carbocycles. The quantitative estimate of drug-likeness (QED) is 0.894. The SMILES string of the molecule is CNS(=O)(=O)c1ccc(-c2cc(Br)cnc2N)cc1. The molecule has 0 saturated heterocycles. The van der Waals surface area contributed by atoms with Crippen LogP contribution in [0.5, 0.6) is 0 Å². The van der Waals surface area contributed by atoms with Crippen LogP contribution in [0.3, 0.4) is 0 Å². The van der Waals surface area contributed by atoms with Gasteiger partial charge in [0.1, 0.15) is 5.82 Å². The van der Waals surface area contributed by atoms with E-state index >= 15 is 0 Å². The zero-order chi connectivity index (χ0) is 14.0. The normalized spacial score (nSPS) is 11.5. The first-order chi connectivity index (χ1) is 8.94. The van der Waals surface area contributed by atoms with Crippen molar-refractivity contribution in [3.63, 3.8) is 0 Å². The summed E-state index contributed by atoms with van der Waals surface area (Å²) in [7, 11) is -2.05. The number of nitrogens with zero attached hydrogens (tertiary/aromatic N) is 1. The standard InChI is InChI=1S/C12H12BrN3O2S/c1-15-19(17,18)10-4-2-8(3-5-10)11-6-9(13)7-16-12(11)14/h2-7,15H,1H3,(H2,14,16). The molecule has 0 bridgehead atoms. The van der Waals surface area contributed by atoms with Gasteiger partial charge in [-0.25, -0.2) is 18.1 Å². The van der Waals surface area contributed by atoms with E-state index in [9.17, 15) is 8.42 Å². The first-order valence-electron chi connectivity index (χ1n) is 5.39. The average molecular weight is 342 g/mol. The molecule has 0 amide bonds. The van der Waals surface area contributed by atoms with E-state index in [4.69, 9.17) is 5.73 Å². The lowest BCUT2D eigenvalue weighted by atomic mass is 10.1. The smallest absolute Gasteiger partial charge is 0.240 e. The minimum absolute atomic E-state index is 0.209. The Morgan fingerprint density at radius 2 is 1.89 bits per heavy atom. The highest BCUT2D eigenvalue weighted by molar-refractivity contribution is 9.10. The van der Waals surface area contributed by atoms with Crippen LogP contribution in [-0.4, -0.2) is 20.4 Å². The maximum atomic E-state index is 11.6. The van der Waals surface area contributed by atoms with Crippen molar-refractivity contribution in [1.82, 2.24) is 9.71 Å². The molecule has 2 rings (SSSR count). The van der Waals surface area contributed by atoms with E-state index in [0.717, 1.165) is 15.6 Å². The summed E-state index contributed by atoms with van der Waals surface area (Å²) in [6.07, 6.45) is 1.61. The topological polar surface area (TPSA) is 85.1 Å². The third kappa shape index (κ3) is 2.94. The highest BCUT2D eigenvalue weighted by atomic mass is 79.9. The minimum atomic E-state index is -3.42. The van der Waals surface area contributed by atoms with Crippen LogP contribution < -0.4 is 10.5 Å². The summed E-state index contributed by atoms with van der Waals surface area (Å²) >= 11 is 3.33. The molecule has 1 heterocycles. The molecule has 0 aliphatic heterocycles. The predicted molar refractivity (Wildman–Crippen MR) is 78.0 cm³/mol. The summed E-state index contributed by atoms with van der Waals surface area (Å²) in [4.78, 5) is 4.25. The number of sulfonamides is 1. The highest BCUT2D eigenvalue weighted by Gasteiger charge is 2.11. The Balaban J connectivity index is 2.46. The van der Waals surface area contributed by atoms with Crippen LogP contribution in [0.15, 0.2) is 45.9 Å². The molecule has 1 aromatic heterocycles. The van der Waals surface area contributed by atoms with Gasteiger partial charge in [-0.05, 0) is 46.7 Å². The highest BCUT2D eigenvalue weighted by Crippen LogP contribution is 2.27. The molecule has 3 N–H and O–H groups in total. The van der Waals surface area contributed by atoms with Crippen molar-refractivity contribution in [2.24, 2.45) is 0 Å². The molecule has 0 unspecified atom stereocenters. The van der Waals surface area contributed by atoms with E-state index < -0.39 is 10.0 Å². The van der Waals surface area contributed by atoms with Gasteiger partial charge in [0, 0.05) is 16.2 Å². The van der Waals surface area contributed by atoms with E-state index in [1.807, 2.05) is 6.07 Å². The Bertz CT molecular complexity index is 699. The zero-order valence-electron chi connectivity index (χ0n) is 10.1. The number of hydrogen-bond donors (Lipinski definition) is 2. The van der Waals surface area contributed by atoms with Gasteiger partial charge in [-0.3, -0.25) is 0 Å². The molecule has 0 saturated carbocycles. The predicted octanol–water partition coefficient (Wildman–Crippen LogP) is 2.00. The van der Waals surface area contributed by atoms with Crippen LogP contribution in [0, 0.1) is 0 Å². The number of aromatic nitrogens is 1. The molecule has 0 aliphatic rings. The van der Waals surface area contributed by atoms with Gasteiger partial charge in [-0.2, -0.15) is 0 Å². The van der Waals surface area contributed by atoms with Crippen LogP contribution in [-0.2, 0) is 10.0 Å². The summed E-state index contributed by atoms with van der Waals surface area (Å²) in [5, 5.41) is 0. The Labute approximate surface area is 120 Å². The lowest BCUT2D eigenvalue weighted by Crippen LogP contribution is -2.18. The second-order valence-electron chi connectivity index (χ2n) is 3.82. The maximum absolute atomic E-state index is 11.6. The van der Waals surface area contributed by atoms with E-state index in [1.54, 1.807) is 18.3 Å². The number of nitrogen functional groups attached to an aromatic ring is 1. The Hall–Kier alpha value is -1.44. The molecule has 5 nitrogen and oxygen atoms in total. The number of halogens is 1. The summed E-state index contributed by atoms with van der Waals surface area (Å²) in [6, 6.07) is 8.29. The van der Waals surface area contributed by atoms with Crippen molar-refractivity contribution in [2.45, 2.75) is 4.90 Å². The van der Waals surface area contributed by atoms with Gasteiger partial charge >= 0.3 is 0 Å². The van der Waals surface area contributed by atoms with Gasteiger partial charge in [-0.15, -0.1) is 0 Å². The fourth-order valence-corrected chi connectivity index (χ4v) is 2.67. The van der Waals surface area contributed by atoms with Gasteiger partial charge < -0.3 is 5.73 Å². The number of pyridine rings is 1. The van der Waals surface area contributed by atoms with E-state index in [1.165, 1.54) is 19.2 Å². The van der Waals surface area contributed by atoms with Crippen molar-refractivity contribution in [1.29, 1.82) is 0 Å². The van der Waals surface area contributed by atoms with Crippen molar-refractivity contribution in [3.8, 4) is 11.1 Å². The zero-order valence-corrected chi connectivity index (χ0v) is 12.5. The lowest BCUT2D eigenvalue weighted by molar-refractivity contribution is 0.588. The molecule has 7 heteroatoms. The Morgan fingerprint density at radius 3 is 2.47 bits per heavy atom. The summed E-state index contributed by atoms with van der Waals surface area (Å²) < 4.78 is 26.3. The average Bonchev–Trinajstić information content (AvgIpc) is 2.42. The molecule has 0 fully saturated rings. The maximum Gasteiger partial charge on any atom is 0.240 e. The fraction of sp³-hybridized carbons (Fsp3) is 0.0833. The van der Waals surface area contributed by atoms with E-state index in [-0.39, 0.29) is 4.90 Å². The van der Waals surface area contributed by atoms with Gasteiger partial charge in [0.2, 0.25) is 10.0 Å². The van der Waals surface area contributed by atoms with Crippen molar-refractivity contribution >= 4 is 31.8 Å². The fourth-order valence-electron chi connectivity index (χ4n) is 1.61. The lowest BCUT2D eigenvalue weighted by Gasteiger charge is -2.07. The molecule has 19 heavy (non-hydrogen) atoms. The summed E-state index contributed by atoms with van der Waals surface area (Å²) in [5.74, 6) is 0.396. The molecular formula is C12H12BrN3O2S. The number of anilines is 1. The van der Waals surface area contributed by atoms with Crippen molar-refractivity contribution in [3.05, 3.63) is 41.0 Å². The first kappa shape index (κ1) is 14.0. The largest absolute Gasteiger partial charge is 0.383 e. The molecule has 0 spiro atoms. The molecule has 100 valence electrons. The molecule has 2 aromatic rings. The number of nitrogens with one attached hydrogen (secondary N) is 1. The minimum Gasteiger partial charge on any atom is -0.383 e. The third-order valence-electron chi connectivity index (χ3n) is 2.63. The molecule has 0 atom stereocenters. The van der Waals surface area contributed by atoms with E-state index in [0.29, 0.717) is 5.82 Å². The monoisotopic (exact) mass is 341 g/mol.